The molecule has 0 aromatic heterocycles. The molecule has 0 spiro atoms. The minimum atomic E-state index is -1.10. The molecule has 2 aromatic rings. The Morgan fingerprint density at radius 2 is 2.00 bits per heavy atom. The van der Waals surface area contributed by atoms with Gasteiger partial charge < -0.3 is 9.64 Å². The van der Waals surface area contributed by atoms with E-state index in [1.54, 1.807) is 0 Å². The van der Waals surface area contributed by atoms with Gasteiger partial charge in [0, 0.05) is 24.8 Å². The molecule has 3 amide bonds. The molecule has 2 aliphatic rings. The van der Waals surface area contributed by atoms with Gasteiger partial charge in [-0.2, -0.15) is 5.26 Å². The van der Waals surface area contributed by atoms with Crippen LogP contribution in [0.2, 0.25) is 5.02 Å². The molecule has 11 heteroatoms. The van der Waals surface area contributed by atoms with Crippen molar-refractivity contribution in [1.82, 2.24) is 4.90 Å². The molecule has 0 bridgehead atoms. The van der Waals surface area contributed by atoms with Crippen LogP contribution in [-0.2, 0) is 14.3 Å². The standard InChI is InChI=1S/C23H19ClN4O6/c24-18-8-5-15(10-19(18)28(32)33)22(30)26(13-17-2-1-9-34-17)20-11-21(29)27(23(20)31)16-6-3-14(12-25)4-7-16/h3-8,10,17,20H,1-2,9,11,13H2. The van der Waals surface area contributed by atoms with Crippen molar-refractivity contribution >= 4 is 40.7 Å². The number of benzene rings is 2. The van der Waals surface area contributed by atoms with E-state index in [0.717, 1.165) is 17.4 Å². The van der Waals surface area contributed by atoms with Gasteiger partial charge in [-0.1, -0.05) is 11.6 Å². The number of imide groups is 1. The van der Waals surface area contributed by atoms with Crippen LogP contribution >= 0.6 is 11.6 Å². The van der Waals surface area contributed by atoms with E-state index < -0.39 is 34.4 Å². The van der Waals surface area contributed by atoms with Gasteiger partial charge in [-0.3, -0.25) is 24.5 Å². The highest BCUT2D eigenvalue weighted by Crippen LogP contribution is 2.30. The van der Waals surface area contributed by atoms with Crippen LogP contribution in [0.4, 0.5) is 11.4 Å². The summed E-state index contributed by atoms with van der Waals surface area (Å²) in [4.78, 5) is 52.4. The maximum atomic E-state index is 13.5. The number of hydrogen-bond donors (Lipinski definition) is 0. The third-order valence-corrected chi connectivity index (χ3v) is 6.15. The molecular formula is C23H19ClN4O6. The minimum absolute atomic E-state index is 0.0221. The normalized spacial score (nSPS) is 19.8. The highest BCUT2D eigenvalue weighted by atomic mass is 35.5. The zero-order chi connectivity index (χ0) is 24.4. The fourth-order valence-electron chi connectivity index (χ4n) is 4.13. The van der Waals surface area contributed by atoms with E-state index in [1.165, 1.54) is 41.3 Å². The lowest BCUT2D eigenvalue weighted by molar-refractivity contribution is -0.384. The number of hydrogen-bond acceptors (Lipinski definition) is 7. The van der Waals surface area contributed by atoms with Gasteiger partial charge in [0.15, 0.2) is 0 Å². The van der Waals surface area contributed by atoms with E-state index >= 15 is 0 Å². The first-order valence-corrected chi connectivity index (χ1v) is 10.9. The van der Waals surface area contributed by atoms with Crippen LogP contribution < -0.4 is 4.90 Å². The minimum Gasteiger partial charge on any atom is -0.376 e. The largest absolute Gasteiger partial charge is 0.376 e. The predicted molar refractivity (Wildman–Crippen MR) is 120 cm³/mol. The molecular weight excluding hydrogens is 464 g/mol. The SMILES string of the molecule is N#Cc1ccc(N2C(=O)CC(N(CC3CCCO3)C(=O)c3ccc(Cl)c([N+](=O)[O-])c3)C2=O)cc1. The molecule has 0 saturated carbocycles. The van der Waals surface area contributed by atoms with Crippen molar-refractivity contribution < 1.29 is 24.0 Å². The van der Waals surface area contributed by atoms with Crippen LogP contribution in [0.1, 0.15) is 35.2 Å². The maximum absolute atomic E-state index is 13.5. The number of ether oxygens (including phenoxy) is 1. The van der Waals surface area contributed by atoms with E-state index in [9.17, 15) is 24.5 Å². The van der Waals surface area contributed by atoms with Gasteiger partial charge in [0.25, 0.3) is 17.5 Å². The summed E-state index contributed by atoms with van der Waals surface area (Å²) in [6.45, 7) is 0.578. The molecule has 2 aromatic carbocycles. The first-order valence-electron chi connectivity index (χ1n) is 10.5. The van der Waals surface area contributed by atoms with E-state index in [-0.39, 0.29) is 29.7 Å². The Labute approximate surface area is 199 Å². The summed E-state index contributed by atoms with van der Waals surface area (Å²) in [5, 5.41) is 20.2. The van der Waals surface area contributed by atoms with Crippen molar-refractivity contribution in [2.45, 2.75) is 31.4 Å². The number of anilines is 1. The molecule has 0 radical (unpaired) electrons. The van der Waals surface area contributed by atoms with Crippen LogP contribution in [0.15, 0.2) is 42.5 Å². The number of halogens is 1. The number of nitriles is 1. The van der Waals surface area contributed by atoms with E-state index in [4.69, 9.17) is 21.6 Å². The summed E-state index contributed by atoms with van der Waals surface area (Å²) in [6, 6.07) is 10.5. The average Bonchev–Trinajstić information content (AvgIpc) is 3.44. The number of amides is 3. The highest BCUT2D eigenvalue weighted by Gasteiger charge is 2.45. The number of carbonyl (C=O) groups excluding carboxylic acids is 3. The van der Waals surface area contributed by atoms with Crippen molar-refractivity contribution in [3.63, 3.8) is 0 Å². The number of rotatable bonds is 6. The second-order valence-corrected chi connectivity index (χ2v) is 8.37. The van der Waals surface area contributed by atoms with Gasteiger partial charge >= 0.3 is 0 Å². The molecule has 0 N–H and O–H groups in total. The first kappa shape index (κ1) is 23.4. The van der Waals surface area contributed by atoms with Crippen LogP contribution in [0.25, 0.3) is 0 Å². The smallest absolute Gasteiger partial charge is 0.288 e. The fourth-order valence-corrected chi connectivity index (χ4v) is 4.31. The van der Waals surface area contributed by atoms with E-state index in [1.807, 2.05) is 6.07 Å². The first-order chi connectivity index (χ1) is 16.3. The van der Waals surface area contributed by atoms with Crippen LogP contribution in [0.5, 0.6) is 0 Å². The van der Waals surface area contributed by atoms with Crippen molar-refractivity contribution in [2.24, 2.45) is 0 Å². The van der Waals surface area contributed by atoms with Gasteiger partial charge in [0.1, 0.15) is 11.1 Å². The van der Waals surface area contributed by atoms with E-state index in [2.05, 4.69) is 0 Å². The number of nitrogens with zero attached hydrogens (tertiary/aromatic N) is 4. The number of nitro groups is 1. The third-order valence-electron chi connectivity index (χ3n) is 5.83. The summed E-state index contributed by atoms with van der Waals surface area (Å²) in [6.07, 6.45) is 0.915. The molecule has 10 nitrogen and oxygen atoms in total. The lowest BCUT2D eigenvalue weighted by atomic mass is 10.1. The van der Waals surface area contributed by atoms with Gasteiger partial charge in [-0.25, -0.2) is 4.90 Å². The zero-order valence-corrected chi connectivity index (χ0v) is 18.6. The predicted octanol–water partition coefficient (Wildman–Crippen LogP) is 3.07. The Hall–Kier alpha value is -3.81. The Kier molecular flexibility index (Phi) is 6.58. The summed E-state index contributed by atoms with van der Waals surface area (Å²) < 4.78 is 5.65. The Morgan fingerprint density at radius 1 is 1.26 bits per heavy atom. The monoisotopic (exact) mass is 482 g/mol. The Bertz CT molecular complexity index is 1200. The van der Waals surface area contributed by atoms with Crippen LogP contribution in [-0.4, -0.2) is 52.8 Å². The zero-order valence-electron chi connectivity index (χ0n) is 17.8. The second kappa shape index (κ2) is 9.59. The van der Waals surface area contributed by atoms with E-state index in [0.29, 0.717) is 24.3 Å². The maximum Gasteiger partial charge on any atom is 0.288 e. The Morgan fingerprint density at radius 3 is 2.62 bits per heavy atom. The lowest BCUT2D eigenvalue weighted by Gasteiger charge is -2.30. The van der Waals surface area contributed by atoms with Gasteiger partial charge in [-0.05, 0) is 49.2 Å². The Balaban J connectivity index is 1.67. The highest BCUT2D eigenvalue weighted by molar-refractivity contribution is 6.32. The molecule has 174 valence electrons. The molecule has 34 heavy (non-hydrogen) atoms. The average molecular weight is 483 g/mol. The quantitative estimate of drug-likeness (QED) is 0.351. The number of carbonyl (C=O) groups is 3. The van der Waals surface area contributed by atoms with Crippen LogP contribution in [0.3, 0.4) is 0 Å². The molecule has 0 aliphatic carbocycles. The summed E-state index contributed by atoms with van der Waals surface area (Å²) in [7, 11) is 0. The fraction of sp³-hybridized carbons (Fsp3) is 0.304. The summed E-state index contributed by atoms with van der Waals surface area (Å²) in [5.41, 5.74) is 0.214. The molecule has 2 saturated heterocycles. The molecule has 2 atom stereocenters. The summed E-state index contributed by atoms with van der Waals surface area (Å²) in [5.74, 6) is -1.72. The molecule has 4 rings (SSSR count). The van der Waals surface area contributed by atoms with Crippen molar-refractivity contribution in [1.29, 1.82) is 5.26 Å². The van der Waals surface area contributed by atoms with Crippen molar-refractivity contribution in [3.05, 3.63) is 68.7 Å². The topological polar surface area (TPSA) is 134 Å². The lowest BCUT2D eigenvalue weighted by Crippen LogP contribution is -2.48. The molecule has 2 fully saturated rings. The molecule has 2 aliphatic heterocycles. The van der Waals surface area contributed by atoms with Crippen molar-refractivity contribution in [3.8, 4) is 6.07 Å². The molecule has 2 unspecified atom stereocenters. The molecule has 2 heterocycles. The summed E-state index contributed by atoms with van der Waals surface area (Å²) >= 11 is 5.88. The van der Waals surface area contributed by atoms with Gasteiger partial charge in [-0.15, -0.1) is 0 Å². The number of nitro benzene ring substituents is 1. The van der Waals surface area contributed by atoms with Crippen molar-refractivity contribution in [2.75, 3.05) is 18.1 Å². The van der Waals surface area contributed by atoms with Gasteiger partial charge in [0.05, 0.1) is 34.8 Å². The van der Waals surface area contributed by atoms with Gasteiger partial charge in [0.2, 0.25) is 5.91 Å². The second-order valence-electron chi connectivity index (χ2n) is 7.96. The third kappa shape index (κ3) is 4.48. The van der Waals surface area contributed by atoms with Crippen LogP contribution in [0, 0.1) is 21.4 Å².